The van der Waals surface area contributed by atoms with Gasteiger partial charge in [0, 0.05) is 11.8 Å². The third-order valence-corrected chi connectivity index (χ3v) is 4.59. The summed E-state index contributed by atoms with van der Waals surface area (Å²) in [6.45, 7) is 2.69. The topological polar surface area (TPSA) is 114 Å². The summed E-state index contributed by atoms with van der Waals surface area (Å²) >= 11 is 0. The Labute approximate surface area is 158 Å². The highest BCUT2D eigenvalue weighted by molar-refractivity contribution is 6.05. The highest BCUT2D eigenvalue weighted by Gasteiger charge is 2.59. The number of carbonyl (C=O) groups excluding carboxylic acids is 1. The second-order valence-electron chi connectivity index (χ2n) is 6.55. The summed E-state index contributed by atoms with van der Waals surface area (Å²) in [4.78, 5) is 28.3. The number of aromatic nitrogens is 2. The van der Waals surface area contributed by atoms with E-state index in [9.17, 15) is 23.5 Å². The van der Waals surface area contributed by atoms with Gasteiger partial charge >= 0.3 is 11.6 Å². The number of nitrogens with one attached hydrogen (secondary N) is 1. The number of aliphatic hydroxyl groups is 2. The van der Waals surface area contributed by atoms with E-state index in [2.05, 4.69) is 10.3 Å². The van der Waals surface area contributed by atoms with E-state index in [4.69, 9.17) is 9.84 Å². The molecule has 1 aliphatic rings. The first-order chi connectivity index (χ1) is 13.2. The average Bonchev–Trinajstić information content (AvgIpc) is 2.85. The zero-order valence-corrected chi connectivity index (χ0v) is 15.1. The molecule has 10 heteroatoms. The second kappa shape index (κ2) is 7.38. The van der Waals surface area contributed by atoms with Crippen molar-refractivity contribution in [1.29, 1.82) is 0 Å². The molecule has 0 spiro atoms. The van der Waals surface area contributed by atoms with Crippen LogP contribution in [-0.4, -0.2) is 50.4 Å². The number of carbonyl (C=O) groups is 1. The molecule has 0 aliphatic carbocycles. The number of anilines is 1. The van der Waals surface area contributed by atoms with Crippen LogP contribution in [0.3, 0.4) is 0 Å². The zero-order chi connectivity index (χ0) is 20.6. The summed E-state index contributed by atoms with van der Waals surface area (Å²) < 4.78 is 33.8. The molecule has 3 atom stereocenters. The summed E-state index contributed by atoms with van der Waals surface area (Å²) in [6.07, 6.45) is -4.93. The number of aliphatic hydroxyl groups excluding tert-OH is 2. The average molecular weight is 395 g/mol. The Morgan fingerprint density at radius 3 is 2.50 bits per heavy atom. The van der Waals surface area contributed by atoms with E-state index in [1.807, 2.05) is 0 Å². The molecule has 1 saturated heterocycles. The first-order valence-corrected chi connectivity index (χ1v) is 8.45. The molecule has 2 heterocycles. The second-order valence-corrected chi connectivity index (χ2v) is 6.55. The Balaban J connectivity index is 1.86. The number of rotatable bonds is 4. The Morgan fingerprint density at radius 1 is 1.32 bits per heavy atom. The van der Waals surface area contributed by atoms with Crippen molar-refractivity contribution in [2.75, 3.05) is 11.9 Å². The van der Waals surface area contributed by atoms with Gasteiger partial charge in [0.25, 0.3) is 5.91 Å². The van der Waals surface area contributed by atoms with Gasteiger partial charge in [-0.2, -0.15) is 13.8 Å². The van der Waals surface area contributed by atoms with Gasteiger partial charge in [-0.25, -0.2) is 4.79 Å². The lowest BCUT2D eigenvalue weighted by Crippen LogP contribution is -2.41. The van der Waals surface area contributed by atoms with Crippen molar-refractivity contribution in [3.8, 4) is 0 Å². The third kappa shape index (κ3) is 3.41. The fourth-order valence-electron chi connectivity index (χ4n) is 3.13. The number of benzene rings is 1. The molecule has 0 unspecified atom stereocenters. The van der Waals surface area contributed by atoms with E-state index < -0.39 is 42.6 Å². The fourth-order valence-corrected chi connectivity index (χ4v) is 3.13. The lowest BCUT2D eigenvalue weighted by atomic mass is 10.0. The maximum Gasteiger partial charge on any atom is 0.351 e. The van der Waals surface area contributed by atoms with Crippen molar-refractivity contribution in [1.82, 2.24) is 9.55 Å². The van der Waals surface area contributed by atoms with Crippen LogP contribution in [0, 0.1) is 13.8 Å². The number of halogens is 2. The van der Waals surface area contributed by atoms with Crippen LogP contribution in [0.1, 0.15) is 27.7 Å². The summed E-state index contributed by atoms with van der Waals surface area (Å²) in [5.41, 5.74) is 0.783. The van der Waals surface area contributed by atoms with Crippen molar-refractivity contribution in [2.45, 2.75) is 38.2 Å². The summed E-state index contributed by atoms with van der Waals surface area (Å²) in [5.74, 6) is -4.41. The van der Waals surface area contributed by atoms with Gasteiger partial charge in [0.15, 0.2) is 6.10 Å². The van der Waals surface area contributed by atoms with Crippen LogP contribution in [0.25, 0.3) is 0 Å². The molecule has 3 rings (SSSR count). The van der Waals surface area contributed by atoms with Crippen LogP contribution in [-0.2, 0) is 4.74 Å². The minimum atomic E-state index is -3.80. The van der Waals surface area contributed by atoms with Crippen LogP contribution >= 0.6 is 0 Å². The molecule has 1 aliphatic heterocycles. The number of aryl methyl sites for hydroxylation is 2. The SMILES string of the molecule is Cc1cccc(C)c1C(=O)Nc1ccn([C@@H]2O[C@H](CO)[C@@H](O)C2(F)F)c(=O)n1. The van der Waals surface area contributed by atoms with Gasteiger partial charge in [-0.3, -0.25) is 9.36 Å². The third-order valence-electron chi connectivity index (χ3n) is 4.59. The molecule has 2 aromatic rings. The number of hydrogen-bond donors (Lipinski definition) is 3. The Kier molecular flexibility index (Phi) is 5.28. The Bertz CT molecular complexity index is 942. The molecule has 0 radical (unpaired) electrons. The van der Waals surface area contributed by atoms with Crippen LogP contribution in [0.4, 0.5) is 14.6 Å². The van der Waals surface area contributed by atoms with Crippen molar-refractivity contribution < 1.29 is 28.5 Å². The lowest BCUT2D eigenvalue weighted by molar-refractivity contribution is -0.140. The molecule has 1 fully saturated rings. The van der Waals surface area contributed by atoms with Crippen molar-refractivity contribution in [2.24, 2.45) is 0 Å². The maximum absolute atomic E-state index is 14.2. The number of alkyl halides is 2. The maximum atomic E-state index is 14.2. The largest absolute Gasteiger partial charge is 0.394 e. The highest BCUT2D eigenvalue weighted by atomic mass is 19.3. The number of hydrogen-bond acceptors (Lipinski definition) is 6. The van der Waals surface area contributed by atoms with Gasteiger partial charge in [0.1, 0.15) is 11.9 Å². The van der Waals surface area contributed by atoms with Crippen LogP contribution in [0.2, 0.25) is 0 Å². The molecule has 0 bridgehead atoms. The normalized spacial score (nSPS) is 23.6. The molecule has 1 aromatic carbocycles. The fraction of sp³-hybridized carbons (Fsp3) is 0.389. The highest BCUT2D eigenvalue weighted by Crippen LogP contribution is 2.41. The first-order valence-electron chi connectivity index (χ1n) is 8.45. The van der Waals surface area contributed by atoms with Crippen LogP contribution in [0.5, 0.6) is 0 Å². The van der Waals surface area contributed by atoms with Crippen LogP contribution in [0.15, 0.2) is 35.3 Å². The molecule has 0 saturated carbocycles. The minimum Gasteiger partial charge on any atom is -0.394 e. The Hall–Kier alpha value is -2.69. The molecule has 3 N–H and O–H groups in total. The molecule has 28 heavy (non-hydrogen) atoms. The van der Waals surface area contributed by atoms with Gasteiger partial charge in [-0.15, -0.1) is 0 Å². The van der Waals surface area contributed by atoms with E-state index in [1.54, 1.807) is 32.0 Å². The van der Waals surface area contributed by atoms with Crippen molar-refractivity contribution in [3.63, 3.8) is 0 Å². The van der Waals surface area contributed by atoms with Gasteiger partial charge in [0.05, 0.1) is 6.61 Å². The molecule has 1 aromatic heterocycles. The van der Waals surface area contributed by atoms with Crippen LogP contribution < -0.4 is 11.0 Å². The number of amides is 1. The summed E-state index contributed by atoms with van der Waals surface area (Å²) in [7, 11) is 0. The zero-order valence-electron chi connectivity index (χ0n) is 15.1. The van der Waals surface area contributed by atoms with Gasteiger partial charge in [0.2, 0.25) is 6.23 Å². The predicted octanol–water partition coefficient (Wildman–Crippen LogP) is 0.998. The smallest absolute Gasteiger partial charge is 0.351 e. The molecule has 1 amide bonds. The number of nitrogens with zero attached hydrogens (tertiary/aromatic N) is 2. The predicted molar refractivity (Wildman–Crippen MR) is 94.3 cm³/mol. The minimum absolute atomic E-state index is 0.116. The van der Waals surface area contributed by atoms with E-state index in [0.717, 1.165) is 17.3 Å². The summed E-state index contributed by atoms with van der Waals surface area (Å²) in [6, 6.07) is 6.49. The molecule has 8 nitrogen and oxygen atoms in total. The van der Waals surface area contributed by atoms with Gasteiger partial charge in [-0.1, -0.05) is 18.2 Å². The molecular weight excluding hydrogens is 376 g/mol. The monoisotopic (exact) mass is 395 g/mol. The van der Waals surface area contributed by atoms with E-state index in [1.165, 1.54) is 6.07 Å². The van der Waals surface area contributed by atoms with Crippen molar-refractivity contribution >= 4 is 11.7 Å². The quantitative estimate of drug-likeness (QED) is 0.712. The summed E-state index contributed by atoms with van der Waals surface area (Å²) in [5, 5.41) is 21.1. The van der Waals surface area contributed by atoms with E-state index >= 15 is 0 Å². The lowest BCUT2D eigenvalue weighted by Gasteiger charge is -2.21. The van der Waals surface area contributed by atoms with Gasteiger partial charge < -0.3 is 20.3 Å². The van der Waals surface area contributed by atoms with E-state index in [-0.39, 0.29) is 5.82 Å². The first kappa shape index (κ1) is 20.1. The number of ether oxygens (including phenoxy) is 1. The van der Waals surface area contributed by atoms with E-state index in [0.29, 0.717) is 10.1 Å². The standard InChI is InChI=1S/C18H19F2N3O5/c1-9-4-3-5-10(2)13(9)15(26)21-12-6-7-23(17(27)22-12)16-18(19,20)14(25)11(8-24)28-16/h3-7,11,14,16,24-25H,8H2,1-2H3,(H,21,22,26,27)/t11-,14-,16-/m1/s1. The van der Waals surface area contributed by atoms with Crippen molar-refractivity contribution in [3.05, 3.63) is 57.6 Å². The molecule has 150 valence electrons. The van der Waals surface area contributed by atoms with Gasteiger partial charge in [-0.05, 0) is 31.0 Å². The Morgan fingerprint density at radius 2 is 1.96 bits per heavy atom. The molecular formula is C18H19F2N3O5.